The fourth-order valence-electron chi connectivity index (χ4n) is 3.23. The predicted molar refractivity (Wildman–Crippen MR) is 70.3 cm³/mol. The summed E-state index contributed by atoms with van der Waals surface area (Å²) in [4.78, 5) is 4.60. The molecule has 0 spiro atoms. The van der Waals surface area contributed by atoms with Crippen molar-refractivity contribution in [1.82, 2.24) is 9.55 Å². The molecular weight excluding hydrogens is 315 g/mol. The summed E-state index contributed by atoms with van der Waals surface area (Å²) in [5, 5.41) is 9.55. The van der Waals surface area contributed by atoms with Crippen molar-refractivity contribution in [1.29, 1.82) is 0 Å². The van der Waals surface area contributed by atoms with E-state index in [-0.39, 0.29) is 6.10 Å². The third-order valence-corrected chi connectivity index (χ3v) is 4.46. The van der Waals surface area contributed by atoms with Crippen LogP contribution in [0.15, 0.2) is 6.20 Å². The highest BCUT2D eigenvalue weighted by Gasteiger charge is 2.57. The molecule has 3 nitrogen and oxygen atoms in total. The Morgan fingerprint density at radius 2 is 2.06 bits per heavy atom. The first-order valence-electron chi connectivity index (χ1n) is 6.00. The summed E-state index contributed by atoms with van der Waals surface area (Å²) >= 11 is 2.29. The van der Waals surface area contributed by atoms with E-state index in [1.54, 1.807) is 0 Å². The standard InChI is InChI=1S/C12H17IN2O/c1-6(2)12-14-10(13)5-15(12)11-8-3-7(16)4-9(8)11/h5-9,11,16H,3-4H2,1-2H3/t7?,8-,9+,11?. The number of nitrogens with zero attached hydrogens (tertiary/aromatic N) is 2. The first-order valence-corrected chi connectivity index (χ1v) is 7.08. The number of aromatic nitrogens is 2. The SMILES string of the molecule is CC(C)c1nc(I)cn1C1[C@H]2CC(O)C[C@@H]12. The summed E-state index contributed by atoms with van der Waals surface area (Å²) in [6, 6.07) is 0.622. The van der Waals surface area contributed by atoms with Gasteiger partial charge in [-0.2, -0.15) is 0 Å². The average molecular weight is 332 g/mol. The van der Waals surface area contributed by atoms with Crippen molar-refractivity contribution in [3.8, 4) is 0 Å². The zero-order valence-electron chi connectivity index (χ0n) is 9.60. The van der Waals surface area contributed by atoms with Crippen LogP contribution in [-0.2, 0) is 0 Å². The molecule has 1 heterocycles. The fourth-order valence-corrected chi connectivity index (χ4v) is 3.78. The quantitative estimate of drug-likeness (QED) is 0.846. The molecular formula is C12H17IN2O. The lowest BCUT2D eigenvalue weighted by Gasteiger charge is -2.13. The number of fused-ring (bicyclic) bond motifs is 1. The van der Waals surface area contributed by atoms with Gasteiger partial charge in [0, 0.05) is 18.2 Å². The maximum Gasteiger partial charge on any atom is 0.119 e. The summed E-state index contributed by atoms with van der Waals surface area (Å²) < 4.78 is 3.46. The van der Waals surface area contributed by atoms with Gasteiger partial charge in [0.2, 0.25) is 0 Å². The van der Waals surface area contributed by atoms with E-state index in [0.717, 1.165) is 16.5 Å². The highest BCUT2D eigenvalue weighted by molar-refractivity contribution is 14.1. The minimum atomic E-state index is -0.0451. The third kappa shape index (κ3) is 1.61. The Labute approximate surface area is 109 Å². The van der Waals surface area contributed by atoms with E-state index < -0.39 is 0 Å². The molecule has 0 saturated heterocycles. The maximum absolute atomic E-state index is 9.55. The molecule has 0 aromatic carbocycles. The van der Waals surface area contributed by atoms with Crippen LogP contribution in [0.3, 0.4) is 0 Å². The average Bonchev–Trinajstić information content (AvgIpc) is 2.60. The van der Waals surface area contributed by atoms with Gasteiger partial charge >= 0.3 is 0 Å². The van der Waals surface area contributed by atoms with Gasteiger partial charge in [-0.1, -0.05) is 13.8 Å². The molecule has 1 N–H and O–H groups in total. The second-order valence-corrected chi connectivity index (χ2v) is 6.53. The Kier molecular flexibility index (Phi) is 2.55. The van der Waals surface area contributed by atoms with Crippen molar-refractivity contribution in [3.05, 3.63) is 15.7 Å². The molecule has 4 heteroatoms. The molecule has 3 rings (SSSR count). The van der Waals surface area contributed by atoms with Crippen molar-refractivity contribution in [2.24, 2.45) is 11.8 Å². The second kappa shape index (κ2) is 3.70. The molecule has 2 aliphatic carbocycles. The van der Waals surface area contributed by atoms with Gasteiger partial charge in [-0.3, -0.25) is 0 Å². The topological polar surface area (TPSA) is 38.0 Å². The molecule has 0 aliphatic heterocycles. The van der Waals surface area contributed by atoms with Crippen LogP contribution in [0.25, 0.3) is 0 Å². The van der Waals surface area contributed by atoms with Crippen LogP contribution in [0.2, 0.25) is 0 Å². The van der Waals surface area contributed by atoms with Gasteiger partial charge in [-0.25, -0.2) is 4.98 Å². The molecule has 16 heavy (non-hydrogen) atoms. The predicted octanol–water partition coefficient (Wildman–Crippen LogP) is 2.55. The summed E-state index contributed by atoms with van der Waals surface area (Å²) in [7, 11) is 0. The first-order chi connectivity index (χ1) is 7.58. The Morgan fingerprint density at radius 3 is 2.62 bits per heavy atom. The van der Waals surface area contributed by atoms with Crippen LogP contribution in [0.1, 0.15) is 44.5 Å². The summed E-state index contributed by atoms with van der Waals surface area (Å²) in [5.41, 5.74) is 0. The molecule has 0 amide bonds. The van der Waals surface area contributed by atoms with Crippen molar-refractivity contribution in [2.75, 3.05) is 0 Å². The number of aliphatic hydroxyl groups is 1. The zero-order chi connectivity index (χ0) is 11.4. The van der Waals surface area contributed by atoms with E-state index in [1.165, 1.54) is 5.82 Å². The maximum atomic E-state index is 9.55. The molecule has 2 aliphatic rings. The van der Waals surface area contributed by atoms with Gasteiger partial charge in [-0.05, 0) is 47.3 Å². The number of hydrogen-bond donors (Lipinski definition) is 1. The lowest BCUT2D eigenvalue weighted by atomic mass is 10.1. The molecule has 2 fully saturated rings. The molecule has 1 aromatic rings. The van der Waals surface area contributed by atoms with Gasteiger partial charge in [0.15, 0.2) is 0 Å². The highest BCUT2D eigenvalue weighted by Crippen LogP contribution is 2.61. The fraction of sp³-hybridized carbons (Fsp3) is 0.750. The van der Waals surface area contributed by atoms with E-state index in [4.69, 9.17) is 0 Å². The normalized spacial score (nSPS) is 36.8. The van der Waals surface area contributed by atoms with Gasteiger partial charge in [0.1, 0.15) is 9.53 Å². The van der Waals surface area contributed by atoms with Gasteiger partial charge < -0.3 is 9.67 Å². The molecule has 0 bridgehead atoms. The highest BCUT2D eigenvalue weighted by atomic mass is 127. The Bertz CT molecular complexity index is 403. The van der Waals surface area contributed by atoms with Gasteiger partial charge in [0.05, 0.1) is 6.10 Å². The van der Waals surface area contributed by atoms with E-state index in [2.05, 4.69) is 52.2 Å². The minimum absolute atomic E-state index is 0.0451. The summed E-state index contributed by atoms with van der Waals surface area (Å²) in [5.74, 6) is 3.10. The molecule has 4 atom stereocenters. The summed E-state index contributed by atoms with van der Waals surface area (Å²) in [6.07, 6.45) is 4.10. The van der Waals surface area contributed by atoms with Gasteiger partial charge in [-0.15, -0.1) is 0 Å². The van der Waals surface area contributed by atoms with Crippen LogP contribution in [0, 0.1) is 15.5 Å². The molecule has 1 aromatic heterocycles. The first kappa shape index (κ1) is 11.0. The lowest BCUT2D eigenvalue weighted by Crippen LogP contribution is -2.11. The number of aliphatic hydroxyl groups excluding tert-OH is 1. The molecule has 0 radical (unpaired) electrons. The Balaban J connectivity index is 1.86. The molecule has 2 saturated carbocycles. The van der Waals surface area contributed by atoms with Crippen LogP contribution in [0.5, 0.6) is 0 Å². The number of imidazole rings is 1. The van der Waals surface area contributed by atoms with Crippen molar-refractivity contribution in [2.45, 2.75) is 44.8 Å². The Hall–Kier alpha value is -0.100. The minimum Gasteiger partial charge on any atom is -0.393 e. The molecule has 88 valence electrons. The van der Waals surface area contributed by atoms with Crippen LogP contribution in [0.4, 0.5) is 0 Å². The third-order valence-electron chi connectivity index (χ3n) is 3.94. The van der Waals surface area contributed by atoms with Crippen LogP contribution in [-0.4, -0.2) is 20.8 Å². The smallest absolute Gasteiger partial charge is 0.119 e. The van der Waals surface area contributed by atoms with Crippen LogP contribution < -0.4 is 0 Å². The second-order valence-electron chi connectivity index (χ2n) is 5.43. The van der Waals surface area contributed by atoms with Gasteiger partial charge in [0.25, 0.3) is 0 Å². The van der Waals surface area contributed by atoms with E-state index >= 15 is 0 Å². The Morgan fingerprint density at radius 1 is 1.44 bits per heavy atom. The lowest BCUT2D eigenvalue weighted by molar-refractivity contribution is 0.161. The monoisotopic (exact) mass is 332 g/mol. The van der Waals surface area contributed by atoms with E-state index in [9.17, 15) is 5.11 Å². The van der Waals surface area contributed by atoms with Crippen molar-refractivity contribution < 1.29 is 5.11 Å². The number of halogens is 1. The van der Waals surface area contributed by atoms with E-state index in [0.29, 0.717) is 23.8 Å². The zero-order valence-corrected chi connectivity index (χ0v) is 11.8. The van der Waals surface area contributed by atoms with Crippen molar-refractivity contribution >= 4 is 22.6 Å². The molecule has 2 unspecified atom stereocenters. The number of rotatable bonds is 2. The number of hydrogen-bond acceptors (Lipinski definition) is 2. The largest absolute Gasteiger partial charge is 0.393 e. The van der Waals surface area contributed by atoms with Crippen molar-refractivity contribution in [3.63, 3.8) is 0 Å². The van der Waals surface area contributed by atoms with Crippen LogP contribution >= 0.6 is 22.6 Å². The van der Waals surface area contributed by atoms with E-state index in [1.807, 2.05) is 0 Å². The summed E-state index contributed by atoms with van der Waals surface area (Å²) in [6.45, 7) is 4.39.